The summed E-state index contributed by atoms with van der Waals surface area (Å²) in [6.07, 6.45) is 0.528. The molecule has 20 heavy (non-hydrogen) atoms. The summed E-state index contributed by atoms with van der Waals surface area (Å²) in [6.45, 7) is 6.33. The third-order valence-corrected chi connectivity index (χ3v) is 4.15. The van der Waals surface area contributed by atoms with E-state index in [4.69, 9.17) is 9.47 Å². The van der Waals surface area contributed by atoms with Crippen molar-refractivity contribution in [2.75, 3.05) is 26.9 Å². The first-order valence-corrected chi connectivity index (χ1v) is 7.33. The number of para-hydroxylation sites is 1. The molecule has 1 aromatic carbocycles. The molecule has 1 aliphatic heterocycles. The molecule has 4 nitrogen and oxygen atoms in total. The molecule has 3 atom stereocenters. The van der Waals surface area contributed by atoms with Crippen molar-refractivity contribution in [3.8, 4) is 5.75 Å². The second-order valence-corrected chi connectivity index (χ2v) is 5.35. The van der Waals surface area contributed by atoms with Gasteiger partial charge in [0.15, 0.2) is 0 Å². The minimum absolute atomic E-state index is 0.0185. The molecule has 112 valence electrons. The van der Waals surface area contributed by atoms with Gasteiger partial charge in [0.05, 0.1) is 12.6 Å². The Kier molecular flexibility index (Phi) is 5.40. The second kappa shape index (κ2) is 7.07. The number of ether oxygens (including phenoxy) is 2. The highest BCUT2D eigenvalue weighted by atomic mass is 16.5. The van der Waals surface area contributed by atoms with Crippen LogP contribution in [0.25, 0.3) is 0 Å². The van der Waals surface area contributed by atoms with E-state index in [1.807, 2.05) is 24.3 Å². The van der Waals surface area contributed by atoms with E-state index in [2.05, 4.69) is 18.7 Å². The van der Waals surface area contributed by atoms with Crippen molar-refractivity contribution in [1.82, 2.24) is 4.90 Å². The van der Waals surface area contributed by atoms with Crippen LogP contribution in [-0.4, -0.2) is 49.0 Å². The number of aliphatic hydroxyl groups excluding tert-OH is 1. The van der Waals surface area contributed by atoms with Crippen LogP contribution in [0.4, 0.5) is 0 Å². The zero-order valence-corrected chi connectivity index (χ0v) is 12.6. The summed E-state index contributed by atoms with van der Waals surface area (Å²) in [5, 5.41) is 10.7. The standard InChI is InChI=1S/C16H25NO3/c1-4-12(2)17(9-10-19-3)14-11-20-15-8-6-5-7-13(15)16(14)18/h5-8,12,14,16,18H,4,9-11H2,1-3H3. The Morgan fingerprint density at radius 1 is 1.45 bits per heavy atom. The Labute approximate surface area is 121 Å². The maximum Gasteiger partial charge on any atom is 0.125 e. The number of methoxy groups -OCH3 is 1. The summed E-state index contributed by atoms with van der Waals surface area (Å²) in [6, 6.07) is 8.10. The van der Waals surface area contributed by atoms with Gasteiger partial charge in [0.1, 0.15) is 18.5 Å². The summed E-state index contributed by atoms with van der Waals surface area (Å²) in [7, 11) is 1.71. The molecule has 0 aromatic heterocycles. The molecule has 3 unspecified atom stereocenters. The van der Waals surface area contributed by atoms with Crippen molar-refractivity contribution in [1.29, 1.82) is 0 Å². The molecule has 4 heteroatoms. The monoisotopic (exact) mass is 279 g/mol. The maximum absolute atomic E-state index is 10.7. The van der Waals surface area contributed by atoms with Gasteiger partial charge in [-0.15, -0.1) is 0 Å². The molecule has 0 aliphatic carbocycles. The normalized spacial score (nSPS) is 23.2. The van der Waals surface area contributed by atoms with Crippen molar-refractivity contribution < 1.29 is 14.6 Å². The van der Waals surface area contributed by atoms with Crippen molar-refractivity contribution >= 4 is 0 Å². The van der Waals surface area contributed by atoms with Crippen LogP contribution in [0.15, 0.2) is 24.3 Å². The molecule has 0 amide bonds. The average Bonchev–Trinajstić information content (AvgIpc) is 2.49. The Hall–Kier alpha value is -1.10. The molecule has 1 aliphatic rings. The van der Waals surface area contributed by atoms with Crippen LogP contribution in [0.3, 0.4) is 0 Å². The molecule has 0 saturated carbocycles. The molecule has 0 radical (unpaired) electrons. The molecule has 1 aromatic rings. The molecule has 2 rings (SSSR count). The third kappa shape index (κ3) is 3.14. The maximum atomic E-state index is 10.7. The summed E-state index contributed by atoms with van der Waals surface area (Å²) < 4.78 is 11.0. The van der Waals surface area contributed by atoms with E-state index in [9.17, 15) is 5.11 Å². The van der Waals surface area contributed by atoms with Crippen molar-refractivity contribution in [2.24, 2.45) is 0 Å². The molecule has 0 spiro atoms. The first-order valence-electron chi connectivity index (χ1n) is 7.33. The lowest BCUT2D eigenvalue weighted by atomic mass is 9.96. The fraction of sp³-hybridized carbons (Fsp3) is 0.625. The molecular weight excluding hydrogens is 254 g/mol. The van der Waals surface area contributed by atoms with Gasteiger partial charge in [-0.2, -0.15) is 0 Å². The zero-order chi connectivity index (χ0) is 14.5. The molecule has 1 N–H and O–H groups in total. The quantitative estimate of drug-likeness (QED) is 0.867. The average molecular weight is 279 g/mol. The van der Waals surface area contributed by atoms with Crippen molar-refractivity contribution in [3.63, 3.8) is 0 Å². The Balaban J connectivity index is 2.18. The van der Waals surface area contributed by atoms with E-state index in [0.717, 1.165) is 24.3 Å². The van der Waals surface area contributed by atoms with E-state index in [-0.39, 0.29) is 6.04 Å². The van der Waals surface area contributed by atoms with Crippen LogP contribution in [0.2, 0.25) is 0 Å². The predicted octanol–water partition coefficient (Wildman–Crippen LogP) is 2.23. The number of fused-ring (bicyclic) bond motifs is 1. The zero-order valence-electron chi connectivity index (χ0n) is 12.6. The topological polar surface area (TPSA) is 41.9 Å². The Morgan fingerprint density at radius 3 is 2.90 bits per heavy atom. The SMILES string of the molecule is CCC(C)N(CCOC)C1COc2ccccc2C1O. The lowest BCUT2D eigenvalue weighted by Crippen LogP contribution is -2.50. The van der Waals surface area contributed by atoms with Crippen molar-refractivity contribution in [3.05, 3.63) is 29.8 Å². The van der Waals surface area contributed by atoms with E-state index < -0.39 is 6.10 Å². The largest absolute Gasteiger partial charge is 0.491 e. The number of benzene rings is 1. The number of aliphatic hydroxyl groups is 1. The molecule has 1 heterocycles. The van der Waals surface area contributed by atoms with Gasteiger partial charge in [0.25, 0.3) is 0 Å². The molecular formula is C16H25NO3. The number of hydrogen-bond donors (Lipinski definition) is 1. The van der Waals surface area contributed by atoms with Gasteiger partial charge in [-0.1, -0.05) is 25.1 Å². The van der Waals surface area contributed by atoms with Crippen LogP contribution in [-0.2, 0) is 4.74 Å². The van der Waals surface area contributed by atoms with E-state index >= 15 is 0 Å². The first kappa shape index (κ1) is 15.3. The van der Waals surface area contributed by atoms with Gasteiger partial charge in [0.2, 0.25) is 0 Å². The smallest absolute Gasteiger partial charge is 0.125 e. The highest BCUT2D eigenvalue weighted by molar-refractivity contribution is 5.37. The summed E-state index contributed by atoms with van der Waals surface area (Å²) in [4.78, 5) is 2.30. The lowest BCUT2D eigenvalue weighted by molar-refractivity contribution is -0.0235. The Morgan fingerprint density at radius 2 is 2.20 bits per heavy atom. The highest BCUT2D eigenvalue weighted by Gasteiger charge is 2.35. The van der Waals surface area contributed by atoms with Crippen LogP contribution in [0.5, 0.6) is 5.75 Å². The molecule has 0 bridgehead atoms. The summed E-state index contributed by atoms with van der Waals surface area (Å²) >= 11 is 0. The van der Waals surface area contributed by atoms with Gasteiger partial charge >= 0.3 is 0 Å². The van der Waals surface area contributed by atoms with E-state index in [0.29, 0.717) is 19.3 Å². The van der Waals surface area contributed by atoms with E-state index in [1.165, 1.54) is 0 Å². The van der Waals surface area contributed by atoms with Crippen molar-refractivity contribution in [2.45, 2.75) is 38.5 Å². The van der Waals surface area contributed by atoms with Gasteiger partial charge in [0, 0.05) is 25.3 Å². The summed E-state index contributed by atoms with van der Waals surface area (Å²) in [5.41, 5.74) is 0.884. The molecule has 0 fully saturated rings. The second-order valence-electron chi connectivity index (χ2n) is 5.35. The number of rotatable bonds is 6. The first-order chi connectivity index (χ1) is 9.69. The minimum atomic E-state index is -0.509. The van der Waals surface area contributed by atoms with Crippen LogP contribution >= 0.6 is 0 Å². The molecule has 0 saturated heterocycles. The Bertz CT molecular complexity index is 424. The number of nitrogens with zero attached hydrogens (tertiary/aromatic N) is 1. The van der Waals surface area contributed by atoms with E-state index in [1.54, 1.807) is 7.11 Å². The van der Waals surface area contributed by atoms with Crippen LogP contribution in [0, 0.1) is 0 Å². The predicted molar refractivity (Wildman–Crippen MR) is 79.0 cm³/mol. The van der Waals surface area contributed by atoms with Gasteiger partial charge in [-0.3, -0.25) is 4.90 Å². The number of hydrogen-bond acceptors (Lipinski definition) is 4. The lowest BCUT2D eigenvalue weighted by Gasteiger charge is -2.41. The fourth-order valence-electron chi connectivity index (χ4n) is 2.75. The van der Waals surface area contributed by atoms with Gasteiger partial charge in [-0.05, 0) is 19.4 Å². The van der Waals surface area contributed by atoms with Gasteiger partial charge < -0.3 is 14.6 Å². The van der Waals surface area contributed by atoms with Crippen LogP contribution < -0.4 is 4.74 Å². The van der Waals surface area contributed by atoms with Crippen LogP contribution in [0.1, 0.15) is 31.9 Å². The fourth-order valence-corrected chi connectivity index (χ4v) is 2.75. The van der Waals surface area contributed by atoms with Gasteiger partial charge in [-0.25, -0.2) is 0 Å². The highest BCUT2D eigenvalue weighted by Crippen LogP contribution is 2.34. The third-order valence-electron chi connectivity index (χ3n) is 4.15. The minimum Gasteiger partial charge on any atom is -0.491 e. The summed E-state index contributed by atoms with van der Waals surface area (Å²) in [5.74, 6) is 0.798.